The zero-order chi connectivity index (χ0) is 37.9. The molecule has 0 aliphatic carbocycles. The fourth-order valence-corrected chi connectivity index (χ4v) is 5.77. The minimum Gasteiger partial charge on any atom is -0.478 e. The van der Waals surface area contributed by atoms with Crippen molar-refractivity contribution in [2.75, 3.05) is 4.90 Å². The lowest BCUT2D eigenvalue weighted by Crippen LogP contribution is -2.14. The quantitative estimate of drug-likeness (QED) is 0.158. The lowest BCUT2D eigenvalue weighted by molar-refractivity contribution is 0.0686. The summed E-state index contributed by atoms with van der Waals surface area (Å²) in [4.78, 5) is 39.0. The van der Waals surface area contributed by atoms with E-state index in [9.17, 15) is 19.8 Å². The van der Waals surface area contributed by atoms with Crippen LogP contribution in [0.4, 0.5) is 17.1 Å². The summed E-state index contributed by atoms with van der Waals surface area (Å²) < 4.78 is 0. The first-order chi connectivity index (χ1) is 25.2. The number of aromatic carboxylic acids is 2. The Labute approximate surface area is 309 Å². The number of hydrogen-bond acceptors (Lipinski definition) is 6. The third-order valence-electron chi connectivity index (χ3n) is 8.82. The third kappa shape index (κ3) is 8.49. The Hall–Kier alpha value is -6.59. The maximum Gasteiger partial charge on any atom is 0.335 e. The van der Waals surface area contributed by atoms with Crippen molar-refractivity contribution in [1.82, 2.24) is 15.0 Å². The van der Waals surface area contributed by atoms with E-state index in [2.05, 4.69) is 134 Å². The van der Waals surface area contributed by atoms with Crippen LogP contribution in [0.15, 0.2) is 122 Å². The highest BCUT2D eigenvalue weighted by Crippen LogP contribution is 2.37. The SMILES string of the molecule is CC(C)(C)c1ccc(N(c2ccc(C#Cc3ccnc(-c4cc(C(=O)O)cc(-c5cc(C(=O)O)ccn5)n4)c3)cc2)c2ccc(C(C)(C)C)cc2)cc1. The molecule has 53 heavy (non-hydrogen) atoms. The molecule has 3 heterocycles. The number of pyridine rings is 3. The smallest absolute Gasteiger partial charge is 0.335 e. The molecule has 3 aromatic carbocycles. The molecule has 0 fully saturated rings. The molecule has 0 aliphatic heterocycles. The number of carbonyl (C=O) groups is 2. The first-order valence-corrected chi connectivity index (χ1v) is 17.2. The number of carboxylic acids is 2. The normalized spacial score (nSPS) is 11.4. The Morgan fingerprint density at radius 1 is 0.509 bits per heavy atom. The van der Waals surface area contributed by atoms with Crippen LogP contribution in [0.25, 0.3) is 22.8 Å². The van der Waals surface area contributed by atoms with Gasteiger partial charge in [-0.3, -0.25) is 9.97 Å². The van der Waals surface area contributed by atoms with Gasteiger partial charge >= 0.3 is 11.9 Å². The van der Waals surface area contributed by atoms with Crippen LogP contribution in [0, 0.1) is 11.8 Å². The Morgan fingerprint density at radius 3 is 1.40 bits per heavy atom. The van der Waals surface area contributed by atoms with Crippen LogP contribution in [0.5, 0.6) is 0 Å². The number of rotatable bonds is 7. The predicted octanol–water partition coefficient (Wildman–Crippen LogP) is 10.1. The summed E-state index contributed by atoms with van der Waals surface area (Å²) in [5, 5.41) is 19.2. The van der Waals surface area contributed by atoms with Crippen molar-refractivity contribution in [3.63, 3.8) is 0 Å². The molecule has 0 amide bonds. The molecule has 6 aromatic rings. The summed E-state index contributed by atoms with van der Waals surface area (Å²) in [5.41, 5.74) is 8.34. The largest absolute Gasteiger partial charge is 0.478 e. The molecule has 8 nitrogen and oxygen atoms in total. The zero-order valence-electron chi connectivity index (χ0n) is 30.5. The molecule has 0 bridgehead atoms. The Kier molecular flexibility index (Phi) is 9.95. The minimum absolute atomic E-state index is 0.0136. The minimum atomic E-state index is -1.16. The van der Waals surface area contributed by atoms with Gasteiger partial charge in [-0.25, -0.2) is 14.6 Å². The molecule has 6 rings (SSSR count). The van der Waals surface area contributed by atoms with Gasteiger partial charge in [-0.2, -0.15) is 0 Å². The highest BCUT2D eigenvalue weighted by molar-refractivity contribution is 5.91. The van der Waals surface area contributed by atoms with Crippen LogP contribution in [-0.4, -0.2) is 37.1 Å². The first-order valence-electron chi connectivity index (χ1n) is 17.2. The number of nitrogens with zero attached hydrogens (tertiary/aromatic N) is 4. The van der Waals surface area contributed by atoms with E-state index in [0.29, 0.717) is 17.0 Å². The van der Waals surface area contributed by atoms with Crippen LogP contribution < -0.4 is 4.90 Å². The van der Waals surface area contributed by atoms with Crippen molar-refractivity contribution in [2.24, 2.45) is 0 Å². The summed E-state index contributed by atoms with van der Waals surface area (Å²) in [7, 11) is 0. The Morgan fingerprint density at radius 2 is 0.925 bits per heavy atom. The number of carboxylic acid groups (broad SMARTS) is 2. The summed E-state index contributed by atoms with van der Waals surface area (Å²) in [6.45, 7) is 13.3. The average Bonchev–Trinajstić information content (AvgIpc) is 3.14. The van der Waals surface area contributed by atoms with Crippen LogP contribution in [-0.2, 0) is 10.8 Å². The van der Waals surface area contributed by atoms with E-state index < -0.39 is 11.9 Å². The third-order valence-corrected chi connectivity index (χ3v) is 8.82. The molecular formula is C45H40N4O4. The van der Waals surface area contributed by atoms with Crippen molar-refractivity contribution >= 4 is 29.0 Å². The second-order valence-corrected chi connectivity index (χ2v) is 14.8. The van der Waals surface area contributed by atoms with Crippen molar-refractivity contribution in [3.8, 4) is 34.6 Å². The second-order valence-electron chi connectivity index (χ2n) is 14.8. The van der Waals surface area contributed by atoms with E-state index >= 15 is 0 Å². The number of anilines is 3. The number of aromatic nitrogens is 3. The van der Waals surface area contributed by atoms with Crippen LogP contribution in [0.3, 0.4) is 0 Å². The van der Waals surface area contributed by atoms with Gasteiger partial charge in [0, 0.05) is 40.6 Å². The lowest BCUT2D eigenvalue weighted by Gasteiger charge is -2.28. The summed E-state index contributed by atoms with van der Waals surface area (Å²) in [6, 6.07) is 34.5. The standard InChI is InChI=1S/C45H40N4O4/c1-44(2,3)33-11-17-36(18-12-33)49(37-19-13-34(14-20-37)45(4,5)6)35-15-9-29(10-16-35)7-8-30-21-23-46-38(25-30)40-27-32(43(52)53)28-41(48-40)39-26-31(42(50)51)22-24-47-39/h9-28H,1-6H3,(H,50,51)(H,52,53). The molecule has 0 radical (unpaired) electrons. The molecule has 0 saturated carbocycles. The number of hydrogen-bond donors (Lipinski definition) is 2. The topological polar surface area (TPSA) is 117 Å². The van der Waals surface area contributed by atoms with E-state index in [1.165, 1.54) is 41.6 Å². The van der Waals surface area contributed by atoms with Crippen molar-refractivity contribution < 1.29 is 19.8 Å². The van der Waals surface area contributed by atoms with Gasteiger partial charge in [-0.15, -0.1) is 0 Å². The van der Waals surface area contributed by atoms with Gasteiger partial charge in [-0.05, 0) is 107 Å². The summed E-state index contributed by atoms with van der Waals surface area (Å²) in [6.07, 6.45) is 2.94. The summed E-state index contributed by atoms with van der Waals surface area (Å²) in [5.74, 6) is 4.16. The molecule has 0 saturated heterocycles. The number of benzene rings is 3. The van der Waals surface area contributed by atoms with Crippen molar-refractivity contribution in [2.45, 2.75) is 52.4 Å². The van der Waals surface area contributed by atoms with E-state index in [-0.39, 0.29) is 33.3 Å². The predicted molar refractivity (Wildman–Crippen MR) is 209 cm³/mol. The second kappa shape index (κ2) is 14.6. The fourth-order valence-electron chi connectivity index (χ4n) is 5.77. The van der Waals surface area contributed by atoms with E-state index in [1.54, 1.807) is 18.3 Å². The molecule has 264 valence electrons. The van der Waals surface area contributed by atoms with Gasteiger partial charge in [-0.1, -0.05) is 77.6 Å². The van der Waals surface area contributed by atoms with Crippen LogP contribution >= 0.6 is 0 Å². The molecule has 0 unspecified atom stereocenters. The fraction of sp³-hybridized carbons (Fsp3) is 0.178. The highest BCUT2D eigenvalue weighted by atomic mass is 16.4. The molecule has 0 atom stereocenters. The van der Waals surface area contributed by atoms with Gasteiger partial charge in [0.15, 0.2) is 0 Å². The van der Waals surface area contributed by atoms with E-state index in [4.69, 9.17) is 0 Å². The van der Waals surface area contributed by atoms with Gasteiger partial charge in [0.05, 0.1) is 33.9 Å². The van der Waals surface area contributed by atoms with E-state index in [0.717, 1.165) is 22.6 Å². The molecular weight excluding hydrogens is 661 g/mol. The molecule has 0 aliphatic rings. The highest BCUT2D eigenvalue weighted by Gasteiger charge is 2.19. The average molecular weight is 701 g/mol. The molecule has 0 spiro atoms. The first kappa shape index (κ1) is 36.2. The van der Waals surface area contributed by atoms with Crippen molar-refractivity contribution in [1.29, 1.82) is 0 Å². The Bertz CT molecular complexity index is 2300. The molecule has 3 aromatic heterocycles. The lowest BCUT2D eigenvalue weighted by atomic mass is 9.86. The van der Waals surface area contributed by atoms with Crippen molar-refractivity contribution in [3.05, 3.63) is 155 Å². The zero-order valence-corrected chi connectivity index (χ0v) is 30.5. The Balaban J connectivity index is 1.30. The maximum absolute atomic E-state index is 12.0. The molecule has 8 heteroatoms. The maximum atomic E-state index is 12.0. The van der Waals surface area contributed by atoms with Crippen LogP contribution in [0.1, 0.15) is 84.5 Å². The molecule has 2 N–H and O–H groups in total. The van der Waals surface area contributed by atoms with Gasteiger partial charge < -0.3 is 15.1 Å². The van der Waals surface area contributed by atoms with Gasteiger partial charge in [0.25, 0.3) is 0 Å². The van der Waals surface area contributed by atoms with E-state index in [1.807, 2.05) is 12.1 Å². The van der Waals surface area contributed by atoms with Gasteiger partial charge in [0.2, 0.25) is 0 Å². The summed E-state index contributed by atoms with van der Waals surface area (Å²) >= 11 is 0. The van der Waals surface area contributed by atoms with Crippen LogP contribution in [0.2, 0.25) is 0 Å². The van der Waals surface area contributed by atoms with Gasteiger partial charge in [0.1, 0.15) is 0 Å². The monoisotopic (exact) mass is 700 g/mol.